The van der Waals surface area contributed by atoms with Gasteiger partial charge in [0.1, 0.15) is 5.75 Å². The van der Waals surface area contributed by atoms with Crippen LogP contribution < -0.4 is 10.1 Å². The van der Waals surface area contributed by atoms with E-state index in [9.17, 15) is 4.79 Å². The molecule has 1 saturated carbocycles. The molecule has 22 heavy (non-hydrogen) atoms. The van der Waals surface area contributed by atoms with Crippen LogP contribution in [0.2, 0.25) is 5.02 Å². The lowest BCUT2D eigenvalue weighted by Crippen LogP contribution is -2.29. The topological polar surface area (TPSA) is 38.3 Å². The molecule has 0 saturated heterocycles. The Morgan fingerprint density at radius 3 is 2.32 bits per heavy atom. The van der Waals surface area contributed by atoms with Crippen molar-refractivity contribution in [1.29, 1.82) is 0 Å². The largest absolute Gasteiger partial charge is 0.497 e. The zero-order valence-corrected chi connectivity index (χ0v) is 13.1. The highest BCUT2D eigenvalue weighted by atomic mass is 35.5. The third-order valence-electron chi connectivity index (χ3n) is 3.96. The number of ether oxygens (including phenoxy) is 1. The highest BCUT2D eigenvalue weighted by Gasteiger charge is 2.33. The smallest absolute Gasteiger partial charge is 0.251 e. The number of nitrogens with one attached hydrogen (secondary N) is 1. The molecule has 1 N–H and O–H groups in total. The first kappa shape index (κ1) is 14.9. The molecular formula is C18H18ClNO2. The third kappa shape index (κ3) is 3.42. The molecule has 3 rings (SSSR count). The zero-order valence-electron chi connectivity index (χ0n) is 12.4. The van der Waals surface area contributed by atoms with Gasteiger partial charge in [0.05, 0.1) is 13.2 Å². The molecule has 3 nitrogen and oxygen atoms in total. The van der Waals surface area contributed by atoms with E-state index in [1.54, 1.807) is 31.4 Å². The fourth-order valence-electron chi connectivity index (χ4n) is 2.54. The Morgan fingerprint density at radius 1 is 1.14 bits per heavy atom. The predicted molar refractivity (Wildman–Crippen MR) is 87.4 cm³/mol. The van der Waals surface area contributed by atoms with Crippen LogP contribution in [0.5, 0.6) is 5.75 Å². The van der Waals surface area contributed by atoms with Gasteiger partial charge in [-0.2, -0.15) is 0 Å². The van der Waals surface area contributed by atoms with E-state index in [-0.39, 0.29) is 11.9 Å². The van der Waals surface area contributed by atoms with Gasteiger partial charge in [-0.25, -0.2) is 0 Å². The van der Waals surface area contributed by atoms with E-state index in [1.807, 2.05) is 24.3 Å². The van der Waals surface area contributed by atoms with Gasteiger partial charge in [-0.3, -0.25) is 4.79 Å². The molecule has 0 aromatic heterocycles. The third-order valence-corrected chi connectivity index (χ3v) is 4.21. The number of methoxy groups -OCH3 is 1. The van der Waals surface area contributed by atoms with Crippen LogP contribution in [0.4, 0.5) is 0 Å². The molecule has 1 fully saturated rings. The second-order valence-electron chi connectivity index (χ2n) is 5.57. The highest BCUT2D eigenvalue weighted by molar-refractivity contribution is 6.30. The number of hydrogen-bond donors (Lipinski definition) is 1. The van der Waals surface area contributed by atoms with Gasteiger partial charge < -0.3 is 10.1 Å². The van der Waals surface area contributed by atoms with Crippen LogP contribution in [0.3, 0.4) is 0 Å². The molecule has 1 atom stereocenters. The first-order valence-electron chi connectivity index (χ1n) is 7.38. The molecule has 0 bridgehead atoms. The van der Waals surface area contributed by atoms with Gasteiger partial charge in [0.15, 0.2) is 0 Å². The summed E-state index contributed by atoms with van der Waals surface area (Å²) in [6.45, 7) is 0. The van der Waals surface area contributed by atoms with Gasteiger partial charge in [-0.1, -0.05) is 23.7 Å². The summed E-state index contributed by atoms with van der Waals surface area (Å²) in [5.74, 6) is 1.20. The zero-order chi connectivity index (χ0) is 15.5. The first-order chi connectivity index (χ1) is 10.7. The monoisotopic (exact) mass is 315 g/mol. The summed E-state index contributed by atoms with van der Waals surface area (Å²) >= 11 is 5.94. The molecule has 0 aliphatic heterocycles. The van der Waals surface area contributed by atoms with Crippen molar-refractivity contribution >= 4 is 17.5 Å². The molecule has 4 heteroatoms. The van der Waals surface area contributed by atoms with Gasteiger partial charge in [0, 0.05) is 10.6 Å². The molecule has 0 radical (unpaired) electrons. The quantitative estimate of drug-likeness (QED) is 0.896. The molecule has 2 aromatic rings. The summed E-state index contributed by atoms with van der Waals surface area (Å²) in [7, 11) is 1.61. The van der Waals surface area contributed by atoms with Crippen LogP contribution in [-0.2, 0) is 0 Å². The Morgan fingerprint density at radius 2 is 1.77 bits per heavy atom. The van der Waals surface area contributed by atoms with E-state index in [0.717, 1.165) is 24.2 Å². The normalized spacial score (nSPS) is 15.2. The van der Waals surface area contributed by atoms with Gasteiger partial charge in [-0.15, -0.1) is 0 Å². The van der Waals surface area contributed by atoms with Gasteiger partial charge >= 0.3 is 0 Å². The molecule has 0 heterocycles. The minimum atomic E-state index is -0.0606. The van der Waals surface area contributed by atoms with Crippen molar-refractivity contribution in [2.75, 3.05) is 7.11 Å². The molecular weight excluding hydrogens is 298 g/mol. The van der Waals surface area contributed by atoms with Crippen molar-refractivity contribution in [1.82, 2.24) is 5.32 Å². The number of carbonyl (C=O) groups is 1. The van der Waals surface area contributed by atoms with Crippen LogP contribution in [0.1, 0.15) is 34.8 Å². The molecule has 1 unspecified atom stereocenters. The van der Waals surface area contributed by atoms with Crippen molar-refractivity contribution in [3.05, 3.63) is 64.7 Å². The number of halogens is 1. The summed E-state index contributed by atoms with van der Waals surface area (Å²) in [4.78, 5) is 12.4. The lowest BCUT2D eigenvalue weighted by Gasteiger charge is -2.19. The molecule has 1 aliphatic rings. The van der Waals surface area contributed by atoms with Crippen LogP contribution in [0.25, 0.3) is 0 Å². The molecule has 0 spiro atoms. The van der Waals surface area contributed by atoms with E-state index >= 15 is 0 Å². The summed E-state index contributed by atoms with van der Waals surface area (Å²) in [5.41, 5.74) is 1.74. The standard InChI is InChI=1S/C18H18ClNO2/c1-22-16-10-6-14(7-11-16)18(21)20-17(12-2-3-12)13-4-8-15(19)9-5-13/h4-12,17H,2-3H2,1H3,(H,20,21). The second-order valence-corrected chi connectivity index (χ2v) is 6.01. The van der Waals surface area contributed by atoms with Crippen LogP contribution in [0.15, 0.2) is 48.5 Å². The van der Waals surface area contributed by atoms with Crippen molar-refractivity contribution in [2.45, 2.75) is 18.9 Å². The van der Waals surface area contributed by atoms with Crippen molar-refractivity contribution in [3.63, 3.8) is 0 Å². The number of hydrogen-bond acceptors (Lipinski definition) is 2. The maximum atomic E-state index is 12.4. The van der Waals surface area contributed by atoms with E-state index < -0.39 is 0 Å². The van der Waals surface area contributed by atoms with Crippen LogP contribution in [0, 0.1) is 5.92 Å². The predicted octanol–water partition coefficient (Wildman–Crippen LogP) is 4.23. The van der Waals surface area contributed by atoms with Crippen molar-refractivity contribution < 1.29 is 9.53 Å². The highest BCUT2D eigenvalue weighted by Crippen LogP contribution is 2.41. The summed E-state index contributed by atoms with van der Waals surface area (Å²) in [6.07, 6.45) is 2.30. The average molecular weight is 316 g/mol. The number of amides is 1. The maximum Gasteiger partial charge on any atom is 0.251 e. The summed E-state index contributed by atoms with van der Waals surface area (Å²) in [5, 5.41) is 3.85. The lowest BCUT2D eigenvalue weighted by molar-refractivity contribution is 0.0931. The van der Waals surface area contributed by atoms with Crippen LogP contribution >= 0.6 is 11.6 Å². The van der Waals surface area contributed by atoms with E-state index in [1.165, 1.54) is 0 Å². The average Bonchev–Trinajstić information content (AvgIpc) is 3.38. The molecule has 114 valence electrons. The lowest BCUT2D eigenvalue weighted by atomic mass is 10.0. The Balaban J connectivity index is 1.75. The first-order valence-corrected chi connectivity index (χ1v) is 7.75. The van der Waals surface area contributed by atoms with E-state index in [0.29, 0.717) is 16.5 Å². The summed E-state index contributed by atoms with van der Waals surface area (Å²) in [6, 6.07) is 14.9. The maximum absolute atomic E-state index is 12.4. The fourth-order valence-corrected chi connectivity index (χ4v) is 2.67. The number of rotatable bonds is 5. The molecule has 1 aliphatic carbocycles. The van der Waals surface area contributed by atoms with Gasteiger partial charge in [-0.05, 0) is 60.7 Å². The van der Waals surface area contributed by atoms with Gasteiger partial charge in [0.25, 0.3) is 5.91 Å². The second kappa shape index (κ2) is 6.41. The SMILES string of the molecule is COc1ccc(C(=O)NC(c2ccc(Cl)cc2)C2CC2)cc1. The van der Waals surface area contributed by atoms with E-state index in [4.69, 9.17) is 16.3 Å². The molecule has 1 amide bonds. The minimum absolute atomic E-state index is 0.0480. The van der Waals surface area contributed by atoms with Crippen LogP contribution in [-0.4, -0.2) is 13.0 Å². The van der Waals surface area contributed by atoms with E-state index in [2.05, 4.69) is 5.32 Å². The summed E-state index contributed by atoms with van der Waals surface area (Å²) < 4.78 is 5.11. The number of benzene rings is 2. The van der Waals surface area contributed by atoms with Gasteiger partial charge in [0.2, 0.25) is 0 Å². The Kier molecular flexibility index (Phi) is 4.34. The molecule has 2 aromatic carbocycles. The van der Waals surface area contributed by atoms with Crippen molar-refractivity contribution in [2.24, 2.45) is 5.92 Å². The Bertz CT molecular complexity index is 648. The fraction of sp³-hybridized carbons (Fsp3) is 0.278. The van der Waals surface area contributed by atoms with Crippen molar-refractivity contribution in [3.8, 4) is 5.75 Å². The Hall–Kier alpha value is -2.00. The Labute approximate surface area is 135 Å². The number of carbonyl (C=O) groups excluding carboxylic acids is 1. The minimum Gasteiger partial charge on any atom is -0.497 e.